The van der Waals surface area contributed by atoms with Crippen LogP contribution in [0, 0.1) is 0 Å². The molecule has 0 amide bonds. The first-order valence-corrected chi connectivity index (χ1v) is 4.76. The first-order valence-electron chi connectivity index (χ1n) is 3.09. The topological polar surface area (TPSA) is 20.2 Å². The molecule has 1 rings (SSSR count). The predicted octanol–water partition coefficient (Wildman–Crippen LogP) is 2.43. The fourth-order valence-electron chi connectivity index (χ4n) is 0.752. The fourth-order valence-corrected chi connectivity index (χ4v) is 2.32. The highest BCUT2D eigenvalue weighted by Crippen LogP contribution is 2.20. The van der Waals surface area contributed by atoms with Gasteiger partial charge in [0.05, 0.1) is 6.10 Å². The van der Waals surface area contributed by atoms with E-state index in [2.05, 4.69) is 15.9 Å². The third-order valence-corrected chi connectivity index (χ3v) is 2.84. The van der Waals surface area contributed by atoms with Crippen LogP contribution in [-0.4, -0.2) is 11.2 Å². The summed E-state index contributed by atoms with van der Waals surface area (Å²) in [6.45, 7) is 1.80. The molecule has 1 unspecified atom stereocenters. The van der Waals surface area contributed by atoms with Crippen molar-refractivity contribution in [3.63, 3.8) is 0 Å². The predicted molar refractivity (Wildman–Crippen MR) is 47.4 cm³/mol. The summed E-state index contributed by atoms with van der Waals surface area (Å²) in [5.74, 6) is 0. The summed E-state index contributed by atoms with van der Waals surface area (Å²) >= 11 is 5.02. The lowest BCUT2D eigenvalue weighted by Crippen LogP contribution is -2.01. The Labute approximate surface area is 72.8 Å². The van der Waals surface area contributed by atoms with Gasteiger partial charge in [-0.15, -0.1) is 11.3 Å². The molecule has 1 atom stereocenters. The second-order valence-corrected chi connectivity index (χ2v) is 4.20. The van der Waals surface area contributed by atoms with E-state index in [-0.39, 0.29) is 6.10 Å². The number of hydrogen-bond donors (Lipinski definition) is 1. The number of aliphatic hydroxyl groups is 1. The van der Waals surface area contributed by atoms with Crippen LogP contribution in [0.5, 0.6) is 0 Å². The average molecular weight is 221 g/mol. The smallest absolute Gasteiger partial charge is 0.0560 e. The molecule has 0 aliphatic rings. The van der Waals surface area contributed by atoms with Crippen molar-refractivity contribution in [3.8, 4) is 0 Å². The first-order chi connectivity index (χ1) is 4.68. The molecule has 0 spiro atoms. The van der Waals surface area contributed by atoms with Crippen molar-refractivity contribution < 1.29 is 5.11 Å². The first kappa shape index (κ1) is 8.24. The monoisotopic (exact) mass is 220 g/mol. The number of thiophene rings is 1. The van der Waals surface area contributed by atoms with Gasteiger partial charge in [0.2, 0.25) is 0 Å². The van der Waals surface area contributed by atoms with Crippen molar-refractivity contribution in [2.75, 3.05) is 0 Å². The minimum absolute atomic E-state index is 0.231. The Bertz CT molecular complexity index is 207. The van der Waals surface area contributed by atoms with E-state index < -0.39 is 0 Å². The van der Waals surface area contributed by atoms with E-state index in [1.165, 1.54) is 4.88 Å². The van der Waals surface area contributed by atoms with Gasteiger partial charge in [-0.05, 0) is 28.9 Å². The van der Waals surface area contributed by atoms with Crippen molar-refractivity contribution in [3.05, 3.63) is 20.8 Å². The molecular weight excluding hydrogens is 212 g/mol. The van der Waals surface area contributed by atoms with Gasteiger partial charge in [0.15, 0.2) is 0 Å². The van der Waals surface area contributed by atoms with E-state index in [4.69, 9.17) is 5.11 Å². The summed E-state index contributed by atoms with van der Waals surface area (Å²) in [4.78, 5) is 1.22. The number of aliphatic hydroxyl groups excluding tert-OH is 1. The lowest BCUT2D eigenvalue weighted by molar-refractivity contribution is 0.196. The molecule has 0 radical (unpaired) electrons. The molecule has 0 saturated carbocycles. The van der Waals surface area contributed by atoms with Crippen LogP contribution in [0.2, 0.25) is 0 Å². The molecule has 0 aromatic carbocycles. The second-order valence-electron chi connectivity index (χ2n) is 2.28. The second kappa shape index (κ2) is 3.51. The van der Waals surface area contributed by atoms with Crippen LogP contribution >= 0.6 is 27.3 Å². The van der Waals surface area contributed by atoms with Gasteiger partial charge in [-0.25, -0.2) is 0 Å². The maximum Gasteiger partial charge on any atom is 0.0560 e. The minimum atomic E-state index is -0.231. The molecule has 1 aromatic rings. The number of rotatable bonds is 2. The molecule has 0 fully saturated rings. The van der Waals surface area contributed by atoms with Gasteiger partial charge in [-0.2, -0.15) is 0 Å². The molecule has 0 aliphatic heterocycles. The van der Waals surface area contributed by atoms with Crippen LogP contribution < -0.4 is 0 Å². The van der Waals surface area contributed by atoms with Gasteiger partial charge in [0, 0.05) is 21.2 Å². The molecule has 3 heteroatoms. The standard InChI is InChI=1S/C7H9BrOS/c1-5(9)2-7-3-6(8)4-10-7/h3-5,9H,2H2,1H3. The zero-order valence-corrected chi connectivity index (χ0v) is 8.08. The van der Waals surface area contributed by atoms with Crippen LogP contribution in [0.15, 0.2) is 15.9 Å². The molecular formula is C7H9BrOS. The van der Waals surface area contributed by atoms with Crippen LogP contribution in [0.1, 0.15) is 11.8 Å². The van der Waals surface area contributed by atoms with E-state index in [0.717, 1.165) is 10.9 Å². The van der Waals surface area contributed by atoms with E-state index >= 15 is 0 Å². The van der Waals surface area contributed by atoms with Crippen molar-refractivity contribution in [1.82, 2.24) is 0 Å². The highest BCUT2D eigenvalue weighted by Gasteiger charge is 2.00. The SMILES string of the molecule is CC(O)Cc1cc(Br)cs1. The molecule has 1 N–H and O–H groups in total. The largest absolute Gasteiger partial charge is 0.393 e. The Hall–Kier alpha value is 0.140. The third kappa shape index (κ3) is 2.40. The maximum absolute atomic E-state index is 9.01. The highest BCUT2D eigenvalue weighted by molar-refractivity contribution is 9.10. The quantitative estimate of drug-likeness (QED) is 0.813. The van der Waals surface area contributed by atoms with E-state index in [1.807, 2.05) is 11.4 Å². The normalized spacial score (nSPS) is 13.5. The molecule has 0 bridgehead atoms. The Kier molecular flexibility index (Phi) is 2.89. The summed E-state index contributed by atoms with van der Waals surface area (Å²) in [5.41, 5.74) is 0. The number of hydrogen-bond acceptors (Lipinski definition) is 2. The lowest BCUT2D eigenvalue weighted by atomic mass is 10.2. The summed E-state index contributed by atoms with van der Waals surface area (Å²) in [7, 11) is 0. The molecule has 0 aliphatic carbocycles. The van der Waals surface area contributed by atoms with E-state index in [9.17, 15) is 0 Å². The Morgan fingerprint density at radius 3 is 2.90 bits per heavy atom. The van der Waals surface area contributed by atoms with Gasteiger partial charge in [0.1, 0.15) is 0 Å². The van der Waals surface area contributed by atoms with Crippen LogP contribution in [0.25, 0.3) is 0 Å². The number of halogens is 1. The fraction of sp³-hybridized carbons (Fsp3) is 0.429. The van der Waals surface area contributed by atoms with Crippen molar-refractivity contribution >= 4 is 27.3 Å². The summed E-state index contributed by atoms with van der Waals surface area (Å²) in [6, 6.07) is 2.04. The maximum atomic E-state index is 9.01. The molecule has 0 saturated heterocycles. The van der Waals surface area contributed by atoms with Crippen LogP contribution in [0.4, 0.5) is 0 Å². The van der Waals surface area contributed by atoms with E-state index in [0.29, 0.717) is 0 Å². The van der Waals surface area contributed by atoms with Crippen molar-refractivity contribution in [2.45, 2.75) is 19.4 Å². The van der Waals surface area contributed by atoms with Gasteiger partial charge >= 0.3 is 0 Å². The van der Waals surface area contributed by atoms with Crippen LogP contribution in [0.3, 0.4) is 0 Å². The Morgan fingerprint density at radius 1 is 1.80 bits per heavy atom. The minimum Gasteiger partial charge on any atom is -0.393 e. The van der Waals surface area contributed by atoms with Gasteiger partial charge in [-0.1, -0.05) is 0 Å². The molecule has 10 heavy (non-hydrogen) atoms. The molecule has 1 aromatic heterocycles. The zero-order chi connectivity index (χ0) is 7.56. The van der Waals surface area contributed by atoms with Crippen molar-refractivity contribution in [1.29, 1.82) is 0 Å². The molecule has 1 nitrogen and oxygen atoms in total. The van der Waals surface area contributed by atoms with Gasteiger partial charge < -0.3 is 5.11 Å². The molecule has 56 valence electrons. The van der Waals surface area contributed by atoms with Crippen LogP contribution in [-0.2, 0) is 6.42 Å². The zero-order valence-electron chi connectivity index (χ0n) is 5.67. The molecule has 1 heterocycles. The summed E-state index contributed by atoms with van der Waals surface area (Å²) < 4.78 is 1.10. The third-order valence-electron chi connectivity index (χ3n) is 1.12. The summed E-state index contributed by atoms with van der Waals surface area (Å²) in [6.07, 6.45) is 0.529. The van der Waals surface area contributed by atoms with Gasteiger partial charge in [-0.3, -0.25) is 0 Å². The lowest BCUT2D eigenvalue weighted by Gasteiger charge is -1.98. The van der Waals surface area contributed by atoms with Gasteiger partial charge in [0.25, 0.3) is 0 Å². The Morgan fingerprint density at radius 2 is 2.50 bits per heavy atom. The van der Waals surface area contributed by atoms with Crippen molar-refractivity contribution in [2.24, 2.45) is 0 Å². The average Bonchev–Trinajstić information content (AvgIpc) is 2.13. The highest BCUT2D eigenvalue weighted by atomic mass is 79.9. The Balaban J connectivity index is 2.58. The van der Waals surface area contributed by atoms with E-state index in [1.54, 1.807) is 18.3 Å². The summed E-state index contributed by atoms with van der Waals surface area (Å²) in [5, 5.41) is 11.0.